The van der Waals surface area contributed by atoms with E-state index in [2.05, 4.69) is 13.2 Å². The van der Waals surface area contributed by atoms with Crippen LogP contribution in [0, 0.1) is 0 Å². The minimum absolute atomic E-state index is 0.394. The van der Waals surface area contributed by atoms with Crippen molar-refractivity contribution in [1.29, 1.82) is 0 Å². The van der Waals surface area contributed by atoms with E-state index in [-0.39, 0.29) is 0 Å². The largest absolute Gasteiger partial charge is 0.300 e. The molecular weight excluding hydrogens is 160 g/mol. The molecule has 1 nitrogen and oxygen atoms in total. The number of carbonyl (C=O) groups excluding carboxylic acids is 1. The highest BCUT2D eigenvalue weighted by Crippen LogP contribution is 2.05. The van der Waals surface area contributed by atoms with Crippen molar-refractivity contribution in [2.45, 2.75) is 44.9 Å². The standard InChI is InChI=1S/C12H20O/c1-3-5-7-9-11-12(13)10-8-6-4-2/h3-4H,1-2,5-11H2. The van der Waals surface area contributed by atoms with E-state index in [1.54, 1.807) is 0 Å². The monoisotopic (exact) mass is 180 g/mol. The first-order chi connectivity index (χ1) is 6.31. The van der Waals surface area contributed by atoms with Crippen LogP contribution >= 0.6 is 0 Å². The zero-order valence-corrected chi connectivity index (χ0v) is 8.43. The zero-order valence-electron chi connectivity index (χ0n) is 8.43. The molecule has 0 rings (SSSR count). The molecule has 0 aliphatic carbocycles. The van der Waals surface area contributed by atoms with E-state index in [9.17, 15) is 4.79 Å². The lowest BCUT2D eigenvalue weighted by Gasteiger charge is -1.98. The van der Waals surface area contributed by atoms with Crippen molar-refractivity contribution in [2.24, 2.45) is 0 Å². The second-order valence-corrected chi connectivity index (χ2v) is 3.25. The van der Waals surface area contributed by atoms with Gasteiger partial charge in [0.15, 0.2) is 0 Å². The summed E-state index contributed by atoms with van der Waals surface area (Å²) in [6.45, 7) is 7.26. The number of hydrogen-bond acceptors (Lipinski definition) is 1. The van der Waals surface area contributed by atoms with Crippen LogP contribution in [-0.2, 0) is 4.79 Å². The summed E-state index contributed by atoms with van der Waals surface area (Å²) < 4.78 is 0. The first-order valence-electron chi connectivity index (χ1n) is 5.04. The lowest BCUT2D eigenvalue weighted by Crippen LogP contribution is -1.96. The average Bonchev–Trinajstić information content (AvgIpc) is 2.13. The number of ketones is 1. The Hall–Kier alpha value is -0.850. The summed E-state index contributed by atoms with van der Waals surface area (Å²) in [6, 6.07) is 0. The Morgan fingerprint density at radius 2 is 1.46 bits per heavy atom. The van der Waals surface area contributed by atoms with Crippen LogP contribution in [0.1, 0.15) is 44.9 Å². The van der Waals surface area contributed by atoms with Gasteiger partial charge < -0.3 is 0 Å². The van der Waals surface area contributed by atoms with Gasteiger partial charge in [0.2, 0.25) is 0 Å². The van der Waals surface area contributed by atoms with Gasteiger partial charge in [0, 0.05) is 12.8 Å². The van der Waals surface area contributed by atoms with Crippen molar-refractivity contribution < 1.29 is 4.79 Å². The Kier molecular flexibility index (Phi) is 8.64. The molecular formula is C12H20O. The van der Waals surface area contributed by atoms with E-state index >= 15 is 0 Å². The van der Waals surface area contributed by atoms with E-state index < -0.39 is 0 Å². The third-order valence-electron chi connectivity index (χ3n) is 1.98. The van der Waals surface area contributed by atoms with E-state index in [1.165, 1.54) is 0 Å². The summed E-state index contributed by atoms with van der Waals surface area (Å²) in [5, 5.41) is 0. The van der Waals surface area contributed by atoms with Gasteiger partial charge in [0.1, 0.15) is 5.78 Å². The van der Waals surface area contributed by atoms with Crippen molar-refractivity contribution >= 4 is 5.78 Å². The molecule has 0 aliphatic rings. The molecule has 74 valence electrons. The van der Waals surface area contributed by atoms with Crippen LogP contribution in [-0.4, -0.2) is 5.78 Å². The molecule has 13 heavy (non-hydrogen) atoms. The maximum Gasteiger partial charge on any atom is 0.132 e. The van der Waals surface area contributed by atoms with Crippen LogP contribution in [0.2, 0.25) is 0 Å². The Bertz CT molecular complexity index is 159. The van der Waals surface area contributed by atoms with Gasteiger partial charge >= 0.3 is 0 Å². The molecule has 0 radical (unpaired) electrons. The predicted molar refractivity (Wildman–Crippen MR) is 57.7 cm³/mol. The molecule has 0 bridgehead atoms. The highest BCUT2D eigenvalue weighted by Gasteiger charge is 1.99. The fraction of sp³-hybridized carbons (Fsp3) is 0.583. The second-order valence-electron chi connectivity index (χ2n) is 3.25. The number of unbranched alkanes of at least 4 members (excludes halogenated alkanes) is 3. The fourth-order valence-corrected chi connectivity index (χ4v) is 1.18. The Morgan fingerprint density at radius 3 is 2.08 bits per heavy atom. The first kappa shape index (κ1) is 12.2. The van der Waals surface area contributed by atoms with Gasteiger partial charge in [-0.05, 0) is 32.1 Å². The number of carbonyl (C=O) groups is 1. The molecule has 1 heteroatoms. The van der Waals surface area contributed by atoms with Crippen molar-refractivity contribution in [3.63, 3.8) is 0 Å². The molecule has 0 amide bonds. The van der Waals surface area contributed by atoms with Crippen LogP contribution in [0.5, 0.6) is 0 Å². The van der Waals surface area contributed by atoms with Crippen molar-refractivity contribution in [1.82, 2.24) is 0 Å². The summed E-state index contributed by atoms with van der Waals surface area (Å²) in [7, 11) is 0. The Morgan fingerprint density at radius 1 is 0.923 bits per heavy atom. The minimum Gasteiger partial charge on any atom is -0.300 e. The van der Waals surface area contributed by atoms with Crippen LogP contribution in [0.15, 0.2) is 25.3 Å². The topological polar surface area (TPSA) is 17.1 Å². The highest BCUT2D eigenvalue weighted by molar-refractivity contribution is 5.78. The molecule has 0 atom stereocenters. The average molecular weight is 180 g/mol. The molecule has 0 saturated heterocycles. The van der Waals surface area contributed by atoms with E-state index in [1.807, 2.05) is 12.2 Å². The lowest BCUT2D eigenvalue weighted by molar-refractivity contribution is -0.119. The van der Waals surface area contributed by atoms with Gasteiger partial charge in [0.05, 0.1) is 0 Å². The lowest BCUT2D eigenvalue weighted by atomic mass is 10.1. The van der Waals surface area contributed by atoms with Crippen molar-refractivity contribution in [2.75, 3.05) is 0 Å². The predicted octanol–water partition coefficient (Wildman–Crippen LogP) is 3.66. The number of rotatable bonds is 9. The van der Waals surface area contributed by atoms with Gasteiger partial charge in [-0.25, -0.2) is 0 Å². The maximum absolute atomic E-state index is 11.2. The summed E-state index contributed by atoms with van der Waals surface area (Å²) in [4.78, 5) is 11.2. The molecule has 0 N–H and O–H groups in total. The molecule has 0 aromatic rings. The zero-order chi connectivity index (χ0) is 9.94. The summed E-state index contributed by atoms with van der Waals surface area (Å²) in [5.41, 5.74) is 0. The summed E-state index contributed by atoms with van der Waals surface area (Å²) >= 11 is 0. The number of Topliss-reactive ketones (excluding diaryl/α,β-unsaturated/α-hetero) is 1. The highest BCUT2D eigenvalue weighted by atomic mass is 16.1. The molecule has 0 saturated carbocycles. The summed E-state index contributed by atoms with van der Waals surface area (Å²) in [6.07, 6.45) is 10.3. The molecule has 0 fully saturated rings. The van der Waals surface area contributed by atoms with Gasteiger partial charge in [-0.3, -0.25) is 4.79 Å². The molecule has 0 aliphatic heterocycles. The maximum atomic E-state index is 11.2. The van der Waals surface area contributed by atoms with Crippen LogP contribution in [0.3, 0.4) is 0 Å². The van der Waals surface area contributed by atoms with Crippen molar-refractivity contribution in [3.8, 4) is 0 Å². The summed E-state index contributed by atoms with van der Waals surface area (Å²) in [5.74, 6) is 0.394. The SMILES string of the molecule is C=CCCCCC(=O)CCCC=C. The Balaban J connectivity index is 3.19. The first-order valence-corrected chi connectivity index (χ1v) is 5.04. The smallest absolute Gasteiger partial charge is 0.132 e. The van der Waals surface area contributed by atoms with Crippen LogP contribution in [0.4, 0.5) is 0 Å². The van der Waals surface area contributed by atoms with E-state index in [0.717, 1.165) is 44.9 Å². The molecule has 0 aromatic heterocycles. The third-order valence-corrected chi connectivity index (χ3v) is 1.98. The fourth-order valence-electron chi connectivity index (χ4n) is 1.18. The Labute approximate surface area is 81.5 Å². The van der Waals surface area contributed by atoms with Gasteiger partial charge in [-0.15, -0.1) is 13.2 Å². The normalized spacial score (nSPS) is 9.54. The quantitative estimate of drug-likeness (QED) is 0.391. The number of allylic oxidation sites excluding steroid dienone is 2. The van der Waals surface area contributed by atoms with E-state index in [4.69, 9.17) is 0 Å². The molecule has 0 spiro atoms. The van der Waals surface area contributed by atoms with E-state index in [0.29, 0.717) is 5.78 Å². The third kappa shape index (κ3) is 9.06. The van der Waals surface area contributed by atoms with Crippen LogP contribution in [0.25, 0.3) is 0 Å². The van der Waals surface area contributed by atoms with Gasteiger partial charge in [-0.1, -0.05) is 12.2 Å². The molecule has 0 aromatic carbocycles. The van der Waals surface area contributed by atoms with Crippen LogP contribution < -0.4 is 0 Å². The number of hydrogen-bond donors (Lipinski definition) is 0. The molecule has 0 unspecified atom stereocenters. The van der Waals surface area contributed by atoms with Gasteiger partial charge in [0.25, 0.3) is 0 Å². The minimum atomic E-state index is 0.394. The second kappa shape index (κ2) is 9.24. The molecule has 0 heterocycles. The van der Waals surface area contributed by atoms with Crippen molar-refractivity contribution in [3.05, 3.63) is 25.3 Å². The van der Waals surface area contributed by atoms with Gasteiger partial charge in [-0.2, -0.15) is 0 Å².